The second-order valence-electron chi connectivity index (χ2n) is 5.73. The molecule has 1 aliphatic heterocycles. The predicted molar refractivity (Wildman–Crippen MR) is 70.0 cm³/mol. The lowest BCUT2D eigenvalue weighted by molar-refractivity contribution is -0.0772. The predicted octanol–water partition coefficient (Wildman–Crippen LogP) is 2.26. The summed E-state index contributed by atoms with van der Waals surface area (Å²) in [5, 5.41) is 3.41. The van der Waals surface area contributed by atoms with Crippen molar-refractivity contribution >= 4 is 0 Å². The Bertz CT molecular complexity index is 407. The third-order valence-electron chi connectivity index (χ3n) is 3.60. The molecule has 106 valence electrons. The van der Waals surface area contributed by atoms with Gasteiger partial charge in [0.15, 0.2) is 0 Å². The van der Waals surface area contributed by atoms with Crippen LogP contribution in [0.4, 0.5) is 0 Å². The smallest absolute Gasteiger partial charge is 0.394 e. The van der Waals surface area contributed by atoms with Gasteiger partial charge in [0.25, 0.3) is 0 Å². The minimum atomic E-state index is 0.140. The summed E-state index contributed by atoms with van der Waals surface area (Å²) in [6, 6.07) is 0.679. The van der Waals surface area contributed by atoms with Crippen LogP contribution in [0, 0.1) is 0 Å². The fraction of sp³-hybridized carbons (Fsp3) is 0.786. The maximum Gasteiger partial charge on any atom is 0.394 e. The van der Waals surface area contributed by atoms with Gasteiger partial charge in [0.05, 0.1) is 17.9 Å². The van der Waals surface area contributed by atoms with E-state index in [1.807, 2.05) is 0 Å². The monoisotopic (exact) mass is 266 g/mol. The van der Waals surface area contributed by atoms with Gasteiger partial charge >= 0.3 is 6.08 Å². The number of nitrogens with zero attached hydrogens (tertiary/aromatic N) is 1. The van der Waals surface area contributed by atoms with Crippen LogP contribution in [0.1, 0.15) is 45.2 Å². The van der Waals surface area contributed by atoms with Crippen molar-refractivity contribution in [1.29, 1.82) is 0 Å². The van der Waals surface area contributed by atoms with Crippen molar-refractivity contribution in [3.63, 3.8) is 0 Å². The van der Waals surface area contributed by atoms with E-state index in [9.17, 15) is 0 Å². The van der Waals surface area contributed by atoms with Crippen molar-refractivity contribution in [2.45, 2.75) is 70.4 Å². The maximum atomic E-state index is 5.81. The van der Waals surface area contributed by atoms with E-state index < -0.39 is 0 Å². The highest BCUT2D eigenvalue weighted by atomic mass is 16.6. The van der Waals surface area contributed by atoms with Crippen molar-refractivity contribution in [1.82, 2.24) is 10.3 Å². The second kappa shape index (κ2) is 5.51. The summed E-state index contributed by atoms with van der Waals surface area (Å²) in [5.41, 5.74) is 0.912. The molecule has 0 amide bonds. The number of ether oxygens (including phenoxy) is 2. The molecule has 0 bridgehead atoms. The molecule has 0 radical (unpaired) electrons. The zero-order valence-corrected chi connectivity index (χ0v) is 11.6. The Kier molecular flexibility index (Phi) is 3.75. The van der Waals surface area contributed by atoms with E-state index in [0.717, 1.165) is 25.1 Å². The van der Waals surface area contributed by atoms with E-state index in [-0.39, 0.29) is 18.3 Å². The first kappa shape index (κ1) is 12.9. The van der Waals surface area contributed by atoms with E-state index in [2.05, 4.69) is 24.1 Å². The lowest BCUT2D eigenvalue weighted by Gasteiger charge is -2.31. The van der Waals surface area contributed by atoms with Crippen LogP contribution >= 0.6 is 0 Å². The lowest BCUT2D eigenvalue weighted by atomic mass is 10.0. The molecular formula is C14H22N2O3. The largest absolute Gasteiger partial charge is 0.447 e. The molecular weight excluding hydrogens is 244 g/mol. The molecule has 19 heavy (non-hydrogen) atoms. The number of hydrogen-bond donors (Lipinski definition) is 1. The van der Waals surface area contributed by atoms with Gasteiger partial charge in [0, 0.05) is 25.4 Å². The van der Waals surface area contributed by atoms with Crippen molar-refractivity contribution in [3.8, 4) is 6.08 Å². The van der Waals surface area contributed by atoms with Crippen LogP contribution in [-0.2, 0) is 11.3 Å². The van der Waals surface area contributed by atoms with Gasteiger partial charge < -0.3 is 19.2 Å². The fourth-order valence-electron chi connectivity index (χ4n) is 2.54. The average Bonchev–Trinajstić information content (AvgIpc) is 3.06. The van der Waals surface area contributed by atoms with E-state index in [1.165, 1.54) is 12.8 Å². The van der Waals surface area contributed by atoms with E-state index >= 15 is 0 Å². The molecule has 1 N–H and O–H groups in total. The molecule has 2 heterocycles. The summed E-state index contributed by atoms with van der Waals surface area (Å²) in [5.74, 6) is 0. The number of aromatic nitrogens is 1. The van der Waals surface area contributed by atoms with Crippen LogP contribution in [0.15, 0.2) is 10.7 Å². The molecule has 1 saturated carbocycles. The van der Waals surface area contributed by atoms with E-state index in [4.69, 9.17) is 13.9 Å². The number of rotatable bonds is 5. The van der Waals surface area contributed by atoms with Crippen LogP contribution in [0.3, 0.4) is 0 Å². The highest BCUT2D eigenvalue weighted by Crippen LogP contribution is 2.24. The van der Waals surface area contributed by atoms with Crippen LogP contribution in [0.2, 0.25) is 0 Å². The lowest BCUT2D eigenvalue weighted by Crippen LogP contribution is -2.35. The first-order valence-electron chi connectivity index (χ1n) is 7.19. The first-order valence-corrected chi connectivity index (χ1v) is 7.19. The standard InChI is InChI=1S/C14H22N2O3/c1-9-5-13(6-10(2)18-9)19-14-16-12(8-17-14)7-15-11-3-4-11/h8-11,13,15H,3-7H2,1-2H3. The minimum absolute atomic E-state index is 0.140. The first-order chi connectivity index (χ1) is 9.19. The molecule has 1 aliphatic carbocycles. The summed E-state index contributed by atoms with van der Waals surface area (Å²) >= 11 is 0. The van der Waals surface area contributed by atoms with Crippen LogP contribution < -0.4 is 10.1 Å². The normalized spacial score (nSPS) is 31.4. The number of nitrogens with one attached hydrogen (secondary N) is 1. The topological polar surface area (TPSA) is 56.5 Å². The van der Waals surface area contributed by atoms with Gasteiger partial charge in [-0.05, 0) is 26.7 Å². The van der Waals surface area contributed by atoms with Gasteiger partial charge in [-0.25, -0.2) is 0 Å². The molecule has 2 atom stereocenters. The van der Waals surface area contributed by atoms with Gasteiger partial charge in [-0.2, -0.15) is 4.98 Å². The number of hydrogen-bond acceptors (Lipinski definition) is 5. The van der Waals surface area contributed by atoms with Gasteiger partial charge in [-0.15, -0.1) is 0 Å². The summed E-state index contributed by atoms with van der Waals surface area (Å²) in [4.78, 5) is 4.36. The van der Waals surface area contributed by atoms with Crippen molar-refractivity contribution in [3.05, 3.63) is 12.0 Å². The summed E-state index contributed by atoms with van der Waals surface area (Å²) in [6.07, 6.45) is 7.01. The van der Waals surface area contributed by atoms with Crippen molar-refractivity contribution < 1.29 is 13.9 Å². The average molecular weight is 266 g/mol. The Morgan fingerprint density at radius 2 is 2.05 bits per heavy atom. The minimum Gasteiger partial charge on any atom is -0.447 e. The van der Waals surface area contributed by atoms with E-state index in [1.54, 1.807) is 6.26 Å². The maximum absolute atomic E-state index is 5.81. The third-order valence-corrected chi connectivity index (χ3v) is 3.60. The zero-order chi connectivity index (χ0) is 13.2. The van der Waals surface area contributed by atoms with E-state index in [0.29, 0.717) is 12.1 Å². The molecule has 1 aromatic heterocycles. The molecule has 2 unspecified atom stereocenters. The van der Waals surface area contributed by atoms with Gasteiger partial charge in [-0.1, -0.05) is 0 Å². The van der Waals surface area contributed by atoms with Gasteiger partial charge in [0.1, 0.15) is 12.4 Å². The van der Waals surface area contributed by atoms with Crippen LogP contribution in [-0.4, -0.2) is 29.3 Å². The van der Waals surface area contributed by atoms with Crippen LogP contribution in [0.25, 0.3) is 0 Å². The molecule has 5 nitrogen and oxygen atoms in total. The fourth-order valence-corrected chi connectivity index (χ4v) is 2.54. The highest BCUT2D eigenvalue weighted by molar-refractivity contribution is 5.01. The Balaban J connectivity index is 1.51. The Morgan fingerprint density at radius 3 is 2.74 bits per heavy atom. The Morgan fingerprint density at radius 1 is 1.32 bits per heavy atom. The molecule has 3 rings (SSSR count). The molecule has 2 fully saturated rings. The second-order valence-corrected chi connectivity index (χ2v) is 5.73. The van der Waals surface area contributed by atoms with Gasteiger partial charge in [0.2, 0.25) is 0 Å². The summed E-state index contributed by atoms with van der Waals surface area (Å²) < 4.78 is 16.9. The molecule has 1 aromatic rings. The number of oxazole rings is 1. The van der Waals surface area contributed by atoms with Crippen molar-refractivity contribution in [2.75, 3.05) is 0 Å². The van der Waals surface area contributed by atoms with Crippen molar-refractivity contribution in [2.24, 2.45) is 0 Å². The molecule has 2 aliphatic rings. The van der Waals surface area contributed by atoms with Crippen LogP contribution in [0.5, 0.6) is 6.08 Å². The quantitative estimate of drug-likeness (QED) is 0.886. The molecule has 5 heteroatoms. The Labute approximate surface area is 113 Å². The highest BCUT2D eigenvalue weighted by Gasteiger charge is 2.27. The molecule has 0 spiro atoms. The summed E-state index contributed by atoms with van der Waals surface area (Å²) in [7, 11) is 0. The molecule has 0 aromatic carbocycles. The van der Waals surface area contributed by atoms with Gasteiger partial charge in [-0.3, -0.25) is 0 Å². The Hall–Kier alpha value is -1.07. The SMILES string of the molecule is CC1CC(Oc2nc(CNC3CC3)co2)CC(C)O1. The summed E-state index contributed by atoms with van der Waals surface area (Å²) in [6.45, 7) is 4.91. The zero-order valence-electron chi connectivity index (χ0n) is 11.6. The molecule has 1 saturated heterocycles. The third kappa shape index (κ3) is 3.70.